The zero-order valence-corrected chi connectivity index (χ0v) is 21.4. The topological polar surface area (TPSA) is 177 Å². The van der Waals surface area contributed by atoms with Gasteiger partial charge in [0, 0.05) is 0 Å². The van der Waals surface area contributed by atoms with Crippen LogP contribution in [0.25, 0.3) is 0 Å². The molecule has 0 fully saturated rings. The van der Waals surface area contributed by atoms with Crippen LogP contribution in [-0.4, -0.2) is 71.5 Å². The lowest BCUT2D eigenvalue weighted by molar-refractivity contribution is -0.142. The van der Waals surface area contributed by atoms with Crippen LogP contribution in [0.5, 0.6) is 0 Å². The SMILES string of the molecule is CSCCC(NC(=O)C(NC(=O)C(N)CC(C)C)C(C)C)C(=O)NC(CCCCN)C(=O)O. The molecule has 10 nitrogen and oxygen atoms in total. The molecule has 0 bridgehead atoms. The average Bonchev–Trinajstić information content (AvgIpc) is 2.72. The van der Waals surface area contributed by atoms with Crippen LogP contribution in [0.4, 0.5) is 0 Å². The number of hydrogen-bond donors (Lipinski definition) is 6. The van der Waals surface area contributed by atoms with Crippen LogP contribution < -0.4 is 27.4 Å². The van der Waals surface area contributed by atoms with E-state index < -0.39 is 47.9 Å². The molecule has 4 unspecified atom stereocenters. The van der Waals surface area contributed by atoms with Gasteiger partial charge in [-0.25, -0.2) is 4.79 Å². The highest BCUT2D eigenvalue weighted by Crippen LogP contribution is 2.09. The molecular formula is C22H43N5O5S. The Bertz CT molecular complexity index is 632. The zero-order valence-electron chi connectivity index (χ0n) is 20.6. The van der Waals surface area contributed by atoms with Gasteiger partial charge in [-0.1, -0.05) is 27.7 Å². The van der Waals surface area contributed by atoms with E-state index in [1.54, 1.807) is 13.8 Å². The largest absolute Gasteiger partial charge is 0.480 e. The molecule has 3 amide bonds. The first-order valence-corrected chi connectivity index (χ1v) is 12.9. The Kier molecular flexibility index (Phi) is 15.8. The summed E-state index contributed by atoms with van der Waals surface area (Å²) in [6, 6.07) is -3.60. The molecule has 4 atom stereocenters. The van der Waals surface area contributed by atoms with Gasteiger partial charge in [0.1, 0.15) is 18.1 Å². The highest BCUT2D eigenvalue weighted by atomic mass is 32.2. The first kappa shape index (κ1) is 31.1. The fraction of sp³-hybridized carbons (Fsp3) is 0.818. The van der Waals surface area contributed by atoms with E-state index in [0.717, 1.165) is 0 Å². The fourth-order valence-electron chi connectivity index (χ4n) is 3.20. The normalized spacial score (nSPS) is 14.9. The van der Waals surface area contributed by atoms with E-state index >= 15 is 0 Å². The van der Waals surface area contributed by atoms with Crippen molar-refractivity contribution in [2.45, 2.75) is 84.0 Å². The Morgan fingerprint density at radius 2 is 1.48 bits per heavy atom. The summed E-state index contributed by atoms with van der Waals surface area (Å²) in [5.41, 5.74) is 11.4. The third-order valence-electron chi connectivity index (χ3n) is 5.11. The molecule has 192 valence electrons. The van der Waals surface area contributed by atoms with E-state index in [4.69, 9.17) is 11.5 Å². The number of rotatable bonds is 17. The summed E-state index contributed by atoms with van der Waals surface area (Å²) >= 11 is 1.50. The van der Waals surface area contributed by atoms with Gasteiger partial charge in [0.25, 0.3) is 0 Å². The molecule has 0 aromatic rings. The van der Waals surface area contributed by atoms with E-state index in [0.29, 0.717) is 38.0 Å². The number of nitrogens with one attached hydrogen (secondary N) is 3. The predicted octanol–water partition coefficient (Wildman–Crippen LogP) is 0.437. The maximum Gasteiger partial charge on any atom is 0.326 e. The molecule has 0 aliphatic heterocycles. The monoisotopic (exact) mass is 489 g/mol. The summed E-state index contributed by atoms with van der Waals surface area (Å²) in [4.78, 5) is 49.8. The van der Waals surface area contributed by atoms with Crippen LogP contribution >= 0.6 is 11.8 Å². The molecule has 0 rings (SSSR count). The number of carboxylic acid groups (broad SMARTS) is 1. The second kappa shape index (κ2) is 16.7. The Balaban J connectivity index is 5.32. The van der Waals surface area contributed by atoms with Crippen molar-refractivity contribution < 1.29 is 24.3 Å². The minimum atomic E-state index is -1.14. The second-order valence-corrected chi connectivity index (χ2v) is 9.98. The summed E-state index contributed by atoms with van der Waals surface area (Å²) in [6.45, 7) is 7.92. The van der Waals surface area contributed by atoms with Crippen molar-refractivity contribution in [2.24, 2.45) is 23.3 Å². The number of carbonyl (C=O) groups is 4. The van der Waals surface area contributed by atoms with Crippen LogP contribution in [0.2, 0.25) is 0 Å². The third-order valence-corrected chi connectivity index (χ3v) is 5.76. The van der Waals surface area contributed by atoms with Gasteiger partial charge < -0.3 is 32.5 Å². The lowest BCUT2D eigenvalue weighted by Crippen LogP contribution is -2.58. The number of aliphatic carboxylic acids is 1. The van der Waals surface area contributed by atoms with Crippen LogP contribution in [0.3, 0.4) is 0 Å². The van der Waals surface area contributed by atoms with Crippen molar-refractivity contribution in [3.8, 4) is 0 Å². The quantitative estimate of drug-likeness (QED) is 0.159. The fourth-order valence-corrected chi connectivity index (χ4v) is 3.67. The Labute approximate surface area is 201 Å². The molecule has 0 aromatic carbocycles. The summed E-state index contributed by atoms with van der Waals surface area (Å²) in [7, 11) is 0. The number of amides is 3. The minimum Gasteiger partial charge on any atom is -0.480 e. The number of nitrogens with two attached hydrogens (primary N) is 2. The summed E-state index contributed by atoms with van der Waals surface area (Å²) in [5.74, 6) is -2.07. The highest BCUT2D eigenvalue weighted by molar-refractivity contribution is 7.98. The van der Waals surface area contributed by atoms with Gasteiger partial charge in [-0.2, -0.15) is 11.8 Å². The molecule has 0 aliphatic rings. The zero-order chi connectivity index (χ0) is 25.6. The maximum atomic E-state index is 13.0. The van der Waals surface area contributed by atoms with E-state index in [-0.39, 0.29) is 18.3 Å². The van der Waals surface area contributed by atoms with Crippen molar-refractivity contribution in [1.29, 1.82) is 0 Å². The van der Waals surface area contributed by atoms with Gasteiger partial charge in [-0.3, -0.25) is 14.4 Å². The van der Waals surface area contributed by atoms with Crippen molar-refractivity contribution in [2.75, 3.05) is 18.6 Å². The Hall–Kier alpha value is -1.85. The smallest absolute Gasteiger partial charge is 0.326 e. The van der Waals surface area contributed by atoms with Crippen LogP contribution in [0.15, 0.2) is 0 Å². The molecule has 0 saturated heterocycles. The predicted molar refractivity (Wildman–Crippen MR) is 132 cm³/mol. The van der Waals surface area contributed by atoms with Gasteiger partial charge in [0.2, 0.25) is 17.7 Å². The maximum absolute atomic E-state index is 13.0. The molecule has 0 aromatic heterocycles. The number of thioether (sulfide) groups is 1. The number of carbonyl (C=O) groups excluding carboxylic acids is 3. The van der Waals surface area contributed by atoms with Gasteiger partial charge in [0.15, 0.2) is 0 Å². The van der Waals surface area contributed by atoms with Crippen molar-refractivity contribution in [3.63, 3.8) is 0 Å². The third kappa shape index (κ3) is 12.8. The molecule has 0 saturated carbocycles. The van der Waals surface area contributed by atoms with Crippen molar-refractivity contribution >= 4 is 35.5 Å². The molecule has 0 spiro atoms. The first-order chi connectivity index (χ1) is 15.4. The van der Waals surface area contributed by atoms with Gasteiger partial charge >= 0.3 is 5.97 Å². The molecule has 0 aliphatic carbocycles. The van der Waals surface area contributed by atoms with Crippen LogP contribution in [-0.2, 0) is 19.2 Å². The molecule has 8 N–H and O–H groups in total. The lowest BCUT2D eigenvalue weighted by Gasteiger charge is -2.27. The number of hydrogen-bond acceptors (Lipinski definition) is 7. The summed E-state index contributed by atoms with van der Waals surface area (Å²) < 4.78 is 0. The van der Waals surface area contributed by atoms with E-state index in [2.05, 4.69) is 16.0 Å². The molecule has 33 heavy (non-hydrogen) atoms. The van der Waals surface area contributed by atoms with Crippen molar-refractivity contribution in [3.05, 3.63) is 0 Å². The molecule has 0 heterocycles. The number of unbranched alkanes of at least 4 members (excludes halogenated alkanes) is 1. The van der Waals surface area contributed by atoms with Crippen LogP contribution in [0.1, 0.15) is 59.8 Å². The lowest BCUT2D eigenvalue weighted by atomic mass is 10.00. The van der Waals surface area contributed by atoms with Crippen LogP contribution in [0, 0.1) is 11.8 Å². The van der Waals surface area contributed by atoms with Crippen molar-refractivity contribution in [1.82, 2.24) is 16.0 Å². The minimum absolute atomic E-state index is 0.226. The van der Waals surface area contributed by atoms with E-state index in [9.17, 15) is 24.3 Å². The molecule has 11 heteroatoms. The average molecular weight is 490 g/mol. The number of carboxylic acids is 1. The summed E-state index contributed by atoms with van der Waals surface area (Å²) in [6.07, 6.45) is 4.14. The first-order valence-electron chi connectivity index (χ1n) is 11.5. The van der Waals surface area contributed by atoms with Gasteiger partial charge in [0.05, 0.1) is 6.04 Å². The highest BCUT2D eigenvalue weighted by Gasteiger charge is 2.31. The molecule has 0 radical (unpaired) electrons. The Morgan fingerprint density at radius 3 is 1.97 bits per heavy atom. The van der Waals surface area contributed by atoms with Gasteiger partial charge in [-0.05, 0) is 62.5 Å². The second-order valence-electron chi connectivity index (χ2n) is 8.99. The van der Waals surface area contributed by atoms with E-state index in [1.165, 1.54) is 11.8 Å². The molecular weight excluding hydrogens is 446 g/mol. The van der Waals surface area contributed by atoms with Gasteiger partial charge in [-0.15, -0.1) is 0 Å². The standard InChI is InChI=1S/C22H43N5O5S/c1-13(2)12-15(24)19(28)27-18(14(3)4)21(30)25-16(9-11-33-5)20(29)26-17(22(31)32)8-6-7-10-23/h13-18H,6-12,23-24H2,1-5H3,(H,25,30)(H,26,29)(H,27,28)(H,31,32). The summed E-state index contributed by atoms with van der Waals surface area (Å²) in [5, 5.41) is 17.4. The Morgan fingerprint density at radius 1 is 0.879 bits per heavy atom. The van der Waals surface area contributed by atoms with E-state index in [1.807, 2.05) is 20.1 Å².